The Bertz CT molecular complexity index is 669. The fourth-order valence-electron chi connectivity index (χ4n) is 3.32. The molecule has 0 bridgehead atoms. The molecule has 2 fully saturated rings. The average Bonchev–Trinajstić information content (AvgIpc) is 2.70. The van der Waals surface area contributed by atoms with Crippen molar-refractivity contribution in [3.8, 4) is 0 Å². The van der Waals surface area contributed by atoms with E-state index in [1.165, 1.54) is 7.05 Å². The number of hydrogen-bond donors (Lipinski definition) is 2. The number of benzene rings is 1. The quantitative estimate of drug-likeness (QED) is 0.831. The van der Waals surface area contributed by atoms with Gasteiger partial charge in [-0.15, -0.1) is 0 Å². The van der Waals surface area contributed by atoms with Crippen molar-refractivity contribution in [1.29, 1.82) is 0 Å². The molecule has 1 saturated carbocycles. The van der Waals surface area contributed by atoms with Crippen LogP contribution in [0.25, 0.3) is 0 Å². The molecule has 5 nitrogen and oxygen atoms in total. The van der Waals surface area contributed by atoms with E-state index in [1.807, 2.05) is 6.92 Å². The highest BCUT2D eigenvalue weighted by Gasteiger charge is 2.48. The van der Waals surface area contributed by atoms with Crippen LogP contribution in [0.3, 0.4) is 0 Å². The number of amides is 3. The molecule has 0 aromatic heterocycles. The van der Waals surface area contributed by atoms with Gasteiger partial charge in [0.2, 0.25) is 5.92 Å². The van der Waals surface area contributed by atoms with E-state index in [2.05, 4.69) is 10.6 Å². The number of anilines is 1. The van der Waals surface area contributed by atoms with Gasteiger partial charge in [-0.2, -0.15) is 0 Å². The molecule has 2 unspecified atom stereocenters. The summed E-state index contributed by atoms with van der Waals surface area (Å²) in [6.45, 7) is 3.56. The fraction of sp³-hybridized carbons (Fsp3) is 0.529. The molecule has 2 atom stereocenters. The molecular weight excluding hydrogens is 316 g/mol. The molecule has 3 rings (SSSR count). The van der Waals surface area contributed by atoms with Crippen molar-refractivity contribution in [2.24, 2.45) is 5.92 Å². The third-order valence-electron chi connectivity index (χ3n) is 5.08. The number of nitrogens with one attached hydrogen (secondary N) is 2. The molecule has 0 spiro atoms. The maximum atomic E-state index is 13.0. The highest BCUT2D eigenvalue weighted by molar-refractivity contribution is 6.06. The van der Waals surface area contributed by atoms with Crippen molar-refractivity contribution in [3.05, 3.63) is 29.8 Å². The van der Waals surface area contributed by atoms with E-state index < -0.39 is 17.5 Å². The van der Waals surface area contributed by atoms with Crippen LogP contribution in [0, 0.1) is 5.92 Å². The van der Waals surface area contributed by atoms with Crippen LogP contribution >= 0.6 is 0 Å². The van der Waals surface area contributed by atoms with Crippen LogP contribution in [-0.4, -0.2) is 35.9 Å². The van der Waals surface area contributed by atoms with Crippen molar-refractivity contribution in [1.82, 2.24) is 10.2 Å². The van der Waals surface area contributed by atoms with Gasteiger partial charge in [-0.1, -0.05) is 12.1 Å². The van der Waals surface area contributed by atoms with Gasteiger partial charge in [0.15, 0.2) is 0 Å². The lowest BCUT2D eigenvalue weighted by molar-refractivity contribution is -0.130. The summed E-state index contributed by atoms with van der Waals surface area (Å²) in [5.74, 6) is -2.87. The normalized spacial score (nSPS) is 27.6. The van der Waals surface area contributed by atoms with Gasteiger partial charge in [-0.05, 0) is 37.5 Å². The molecule has 1 aromatic rings. The smallest absolute Gasteiger partial charge is 0.325 e. The zero-order valence-corrected chi connectivity index (χ0v) is 13.9. The second-order valence-corrected chi connectivity index (χ2v) is 6.95. The van der Waals surface area contributed by atoms with E-state index in [4.69, 9.17) is 0 Å². The Hall–Kier alpha value is -2.18. The van der Waals surface area contributed by atoms with Crippen molar-refractivity contribution >= 4 is 17.6 Å². The Kier molecular flexibility index (Phi) is 3.77. The Balaban J connectivity index is 1.68. The van der Waals surface area contributed by atoms with E-state index in [0.717, 1.165) is 10.6 Å². The van der Waals surface area contributed by atoms with E-state index in [0.29, 0.717) is 5.56 Å². The zero-order chi connectivity index (χ0) is 17.7. The predicted octanol–water partition coefficient (Wildman–Crippen LogP) is 2.93. The molecule has 0 radical (unpaired) electrons. The SMILES string of the molecule is CC(Nc1ccc(C2(C)NC(=O)N(C)C2=O)cc1)C1CC(F)(F)C1. The van der Waals surface area contributed by atoms with Crippen LogP contribution in [0.5, 0.6) is 0 Å². The molecule has 130 valence electrons. The first-order valence-corrected chi connectivity index (χ1v) is 7.97. The van der Waals surface area contributed by atoms with Crippen molar-refractivity contribution in [2.45, 2.75) is 44.2 Å². The number of rotatable bonds is 4. The van der Waals surface area contributed by atoms with E-state index >= 15 is 0 Å². The third-order valence-corrected chi connectivity index (χ3v) is 5.08. The first kappa shape index (κ1) is 16.7. The van der Waals surface area contributed by atoms with Crippen LogP contribution in [0.2, 0.25) is 0 Å². The number of likely N-dealkylation sites (N-methyl/N-ethyl adjacent to an activating group) is 1. The lowest BCUT2D eigenvalue weighted by Gasteiger charge is -2.39. The van der Waals surface area contributed by atoms with Crippen molar-refractivity contribution in [2.75, 3.05) is 12.4 Å². The number of urea groups is 1. The summed E-state index contributed by atoms with van der Waals surface area (Å²) in [4.78, 5) is 25.0. The number of nitrogens with zero attached hydrogens (tertiary/aromatic N) is 1. The number of imide groups is 1. The van der Waals surface area contributed by atoms with Gasteiger partial charge < -0.3 is 10.6 Å². The van der Waals surface area contributed by atoms with Gasteiger partial charge in [0, 0.05) is 31.6 Å². The standard InChI is InChI=1S/C17H21F2N3O2/c1-10(11-8-17(18,19)9-11)20-13-6-4-12(5-7-13)16(2)14(23)22(3)15(24)21-16/h4-7,10-11,20H,8-9H2,1-3H3,(H,21,24). The molecule has 1 heterocycles. The lowest BCUT2D eigenvalue weighted by Crippen LogP contribution is -2.43. The number of halogens is 2. The fourth-order valence-corrected chi connectivity index (χ4v) is 3.32. The highest BCUT2D eigenvalue weighted by Crippen LogP contribution is 2.44. The van der Waals surface area contributed by atoms with Crippen LogP contribution in [0.1, 0.15) is 32.3 Å². The second-order valence-electron chi connectivity index (χ2n) is 6.95. The summed E-state index contributed by atoms with van der Waals surface area (Å²) in [5.41, 5.74) is 0.403. The number of alkyl halides is 2. The highest BCUT2D eigenvalue weighted by atomic mass is 19.3. The maximum absolute atomic E-state index is 13.0. The van der Waals surface area contributed by atoms with E-state index in [9.17, 15) is 18.4 Å². The van der Waals surface area contributed by atoms with Crippen LogP contribution < -0.4 is 10.6 Å². The van der Waals surface area contributed by atoms with Crippen molar-refractivity contribution < 1.29 is 18.4 Å². The van der Waals surface area contributed by atoms with Gasteiger partial charge in [0.05, 0.1) is 0 Å². The van der Waals surface area contributed by atoms with Gasteiger partial charge in [-0.3, -0.25) is 9.69 Å². The molecule has 2 aliphatic rings. The first-order valence-electron chi connectivity index (χ1n) is 7.97. The minimum Gasteiger partial charge on any atom is -0.382 e. The van der Waals surface area contributed by atoms with E-state index in [-0.39, 0.29) is 30.7 Å². The van der Waals surface area contributed by atoms with E-state index in [1.54, 1.807) is 31.2 Å². The molecule has 7 heteroatoms. The lowest BCUT2D eigenvalue weighted by atomic mass is 9.77. The molecular formula is C17H21F2N3O2. The number of carbonyl (C=O) groups excluding carboxylic acids is 2. The largest absolute Gasteiger partial charge is 0.382 e. The topological polar surface area (TPSA) is 61.4 Å². The van der Waals surface area contributed by atoms with Gasteiger partial charge >= 0.3 is 6.03 Å². The summed E-state index contributed by atoms with van der Waals surface area (Å²) in [5, 5.41) is 5.91. The molecule has 1 saturated heterocycles. The number of carbonyl (C=O) groups is 2. The van der Waals surface area contributed by atoms with Crippen LogP contribution in [-0.2, 0) is 10.3 Å². The summed E-state index contributed by atoms with van der Waals surface area (Å²) < 4.78 is 25.9. The molecule has 2 N–H and O–H groups in total. The molecule has 1 aliphatic heterocycles. The minimum absolute atomic E-state index is 0.0402. The molecule has 1 aromatic carbocycles. The summed E-state index contributed by atoms with van der Waals surface area (Å²) in [7, 11) is 1.44. The molecule has 24 heavy (non-hydrogen) atoms. The van der Waals surface area contributed by atoms with Gasteiger partial charge in [0.25, 0.3) is 5.91 Å². The average molecular weight is 337 g/mol. The van der Waals surface area contributed by atoms with Gasteiger partial charge in [0.1, 0.15) is 5.54 Å². The summed E-state index contributed by atoms with van der Waals surface area (Å²) >= 11 is 0. The predicted molar refractivity (Wildman–Crippen MR) is 85.9 cm³/mol. The monoisotopic (exact) mass is 337 g/mol. The molecule has 3 amide bonds. The maximum Gasteiger partial charge on any atom is 0.325 e. The first-order chi connectivity index (χ1) is 11.1. The Labute approximate surface area is 139 Å². The Morgan fingerprint density at radius 3 is 2.29 bits per heavy atom. The second kappa shape index (κ2) is 5.43. The summed E-state index contributed by atoms with van der Waals surface area (Å²) in [6.07, 6.45) is -0.158. The van der Waals surface area contributed by atoms with Crippen LogP contribution in [0.15, 0.2) is 24.3 Å². The molecule has 1 aliphatic carbocycles. The Morgan fingerprint density at radius 1 is 1.25 bits per heavy atom. The Morgan fingerprint density at radius 2 is 1.83 bits per heavy atom. The summed E-state index contributed by atoms with van der Waals surface area (Å²) in [6, 6.07) is 6.65. The number of hydrogen-bond acceptors (Lipinski definition) is 3. The van der Waals surface area contributed by atoms with Gasteiger partial charge in [-0.25, -0.2) is 13.6 Å². The third kappa shape index (κ3) is 2.72. The van der Waals surface area contributed by atoms with Crippen molar-refractivity contribution in [3.63, 3.8) is 0 Å². The zero-order valence-electron chi connectivity index (χ0n) is 13.9. The van der Waals surface area contributed by atoms with Crippen LogP contribution in [0.4, 0.5) is 19.3 Å². The minimum atomic E-state index is -2.52.